The van der Waals surface area contributed by atoms with Crippen molar-refractivity contribution in [2.45, 2.75) is 6.92 Å². The summed E-state index contributed by atoms with van der Waals surface area (Å²) in [6.45, 7) is 1.95. The number of nitrogens with zero attached hydrogens (tertiary/aromatic N) is 6. The van der Waals surface area contributed by atoms with E-state index in [4.69, 9.17) is 4.98 Å². The topological polar surface area (TPSA) is 85.2 Å². The lowest BCUT2D eigenvalue weighted by molar-refractivity contribution is 1.02. The van der Waals surface area contributed by atoms with Crippen molar-refractivity contribution in [2.75, 3.05) is 0 Å². The highest BCUT2D eigenvalue weighted by Gasteiger charge is 2.15. The molecule has 0 spiro atoms. The van der Waals surface area contributed by atoms with E-state index in [1.54, 1.807) is 12.5 Å². The molecule has 7 nitrogen and oxygen atoms in total. The molecule has 120 valence electrons. The van der Waals surface area contributed by atoms with Gasteiger partial charge in [0.25, 0.3) is 0 Å². The molecular formula is C18H13N7. The number of fused-ring (bicyclic) bond motifs is 2. The number of aromatic nitrogens is 7. The quantitative estimate of drug-likeness (QED) is 0.538. The predicted octanol–water partition coefficient (Wildman–Crippen LogP) is 3.06. The van der Waals surface area contributed by atoms with E-state index >= 15 is 0 Å². The van der Waals surface area contributed by atoms with E-state index in [1.807, 2.05) is 54.2 Å². The molecule has 7 heteroatoms. The van der Waals surface area contributed by atoms with Gasteiger partial charge in [-0.1, -0.05) is 6.07 Å². The van der Waals surface area contributed by atoms with E-state index in [-0.39, 0.29) is 0 Å². The molecule has 0 fully saturated rings. The molecular weight excluding hydrogens is 314 g/mol. The minimum Gasteiger partial charge on any atom is -0.329 e. The van der Waals surface area contributed by atoms with E-state index in [0.29, 0.717) is 22.8 Å². The van der Waals surface area contributed by atoms with Crippen LogP contribution in [0.5, 0.6) is 0 Å². The molecule has 0 aliphatic carbocycles. The third-order valence-corrected chi connectivity index (χ3v) is 4.10. The normalized spacial score (nSPS) is 11.4. The number of hydrogen-bond acceptors (Lipinski definition) is 5. The van der Waals surface area contributed by atoms with Crippen LogP contribution in [0.2, 0.25) is 0 Å². The molecule has 0 aliphatic rings. The highest BCUT2D eigenvalue weighted by molar-refractivity contribution is 5.86. The summed E-state index contributed by atoms with van der Waals surface area (Å²) in [5.74, 6) is 1.26. The Morgan fingerprint density at radius 3 is 2.92 bits per heavy atom. The number of rotatable bonds is 2. The van der Waals surface area contributed by atoms with Crippen LogP contribution in [0.1, 0.15) is 5.69 Å². The average molecular weight is 327 g/mol. The maximum atomic E-state index is 4.76. The van der Waals surface area contributed by atoms with Crippen LogP contribution in [0.25, 0.3) is 39.4 Å². The molecule has 0 atom stereocenters. The molecule has 0 unspecified atom stereocenters. The van der Waals surface area contributed by atoms with Gasteiger partial charge in [0.1, 0.15) is 5.69 Å². The highest BCUT2D eigenvalue weighted by atomic mass is 15.1. The molecule has 0 aliphatic heterocycles. The monoisotopic (exact) mass is 327 g/mol. The van der Waals surface area contributed by atoms with Crippen LogP contribution in [-0.4, -0.2) is 34.5 Å². The molecule has 5 aromatic rings. The SMILES string of the molecule is Cc1cccc(-c2nc(-n3ccc4ccncc43)c3nc[nH]c3n2)n1. The Bertz CT molecular complexity index is 1220. The van der Waals surface area contributed by atoms with Gasteiger partial charge in [0.2, 0.25) is 0 Å². The van der Waals surface area contributed by atoms with Crippen LogP contribution in [0.15, 0.2) is 55.2 Å². The van der Waals surface area contributed by atoms with E-state index < -0.39 is 0 Å². The largest absolute Gasteiger partial charge is 0.329 e. The fourth-order valence-electron chi connectivity index (χ4n) is 2.93. The van der Waals surface area contributed by atoms with Crippen molar-refractivity contribution in [3.63, 3.8) is 0 Å². The molecule has 5 heterocycles. The van der Waals surface area contributed by atoms with Gasteiger partial charge in [-0.3, -0.25) is 9.55 Å². The van der Waals surface area contributed by atoms with Crippen LogP contribution in [0, 0.1) is 6.92 Å². The maximum Gasteiger partial charge on any atom is 0.182 e. The Hall–Kier alpha value is -3.61. The second kappa shape index (κ2) is 5.20. The Balaban J connectivity index is 1.82. The molecule has 0 saturated carbocycles. The Labute approximate surface area is 142 Å². The standard InChI is InChI=1S/C18H13N7/c1-11-3-2-4-13(22-11)16-23-17-15(20-10-21-17)18(24-16)25-8-6-12-5-7-19-9-14(12)25/h2-10H,1H3,(H,20,21,23,24). The summed E-state index contributed by atoms with van der Waals surface area (Å²) in [5.41, 5.74) is 4.00. The fourth-order valence-corrected chi connectivity index (χ4v) is 2.93. The first-order valence-corrected chi connectivity index (χ1v) is 7.86. The van der Waals surface area contributed by atoms with Crippen molar-refractivity contribution in [3.8, 4) is 17.3 Å². The molecule has 5 aromatic heterocycles. The highest BCUT2D eigenvalue weighted by Crippen LogP contribution is 2.25. The van der Waals surface area contributed by atoms with Gasteiger partial charge in [-0.2, -0.15) is 0 Å². The third-order valence-electron chi connectivity index (χ3n) is 4.10. The second-order valence-electron chi connectivity index (χ2n) is 5.76. The van der Waals surface area contributed by atoms with E-state index in [0.717, 1.165) is 22.3 Å². The predicted molar refractivity (Wildman–Crippen MR) is 94.3 cm³/mol. The van der Waals surface area contributed by atoms with Crippen LogP contribution in [0.4, 0.5) is 0 Å². The maximum absolute atomic E-state index is 4.76. The Kier molecular flexibility index (Phi) is 2.87. The zero-order valence-electron chi connectivity index (χ0n) is 13.4. The number of imidazole rings is 1. The van der Waals surface area contributed by atoms with Crippen molar-refractivity contribution >= 4 is 22.1 Å². The number of H-pyrrole nitrogens is 1. The van der Waals surface area contributed by atoms with E-state index in [2.05, 4.69) is 24.9 Å². The van der Waals surface area contributed by atoms with Gasteiger partial charge in [-0.15, -0.1) is 0 Å². The van der Waals surface area contributed by atoms with Crippen molar-refractivity contribution in [2.24, 2.45) is 0 Å². The third kappa shape index (κ3) is 2.17. The van der Waals surface area contributed by atoms with Crippen LogP contribution >= 0.6 is 0 Å². The summed E-state index contributed by atoms with van der Waals surface area (Å²) in [7, 11) is 0. The summed E-state index contributed by atoms with van der Waals surface area (Å²) in [6.07, 6.45) is 7.19. The Morgan fingerprint density at radius 2 is 2.00 bits per heavy atom. The summed E-state index contributed by atoms with van der Waals surface area (Å²) in [4.78, 5) is 25.6. The number of nitrogens with one attached hydrogen (secondary N) is 1. The first-order chi connectivity index (χ1) is 12.3. The van der Waals surface area contributed by atoms with E-state index in [9.17, 15) is 0 Å². The average Bonchev–Trinajstić information content (AvgIpc) is 3.27. The number of aromatic amines is 1. The molecule has 1 N–H and O–H groups in total. The minimum atomic E-state index is 0.557. The molecule has 0 bridgehead atoms. The molecule has 0 saturated heterocycles. The number of aryl methyl sites for hydroxylation is 1. The number of pyridine rings is 2. The fraction of sp³-hybridized carbons (Fsp3) is 0.0556. The van der Waals surface area contributed by atoms with Gasteiger partial charge in [-0.25, -0.2) is 19.9 Å². The minimum absolute atomic E-state index is 0.557. The van der Waals surface area contributed by atoms with Crippen LogP contribution in [0.3, 0.4) is 0 Å². The van der Waals surface area contributed by atoms with Gasteiger partial charge in [0, 0.05) is 23.5 Å². The van der Waals surface area contributed by atoms with Crippen molar-refractivity contribution in [1.29, 1.82) is 0 Å². The van der Waals surface area contributed by atoms with Gasteiger partial charge in [0.15, 0.2) is 22.8 Å². The van der Waals surface area contributed by atoms with Gasteiger partial charge in [0.05, 0.1) is 18.0 Å². The molecule has 0 radical (unpaired) electrons. The van der Waals surface area contributed by atoms with Gasteiger partial charge in [-0.05, 0) is 31.2 Å². The summed E-state index contributed by atoms with van der Waals surface area (Å²) in [6, 6.07) is 9.81. The van der Waals surface area contributed by atoms with Crippen molar-refractivity contribution in [1.82, 2.24) is 34.5 Å². The van der Waals surface area contributed by atoms with Crippen LogP contribution < -0.4 is 0 Å². The van der Waals surface area contributed by atoms with Crippen LogP contribution in [-0.2, 0) is 0 Å². The van der Waals surface area contributed by atoms with E-state index in [1.165, 1.54) is 0 Å². The first kappa shape index (κ1) is 13.8. The summed E-state index contributed by atoms with van der Waals surface area (Å²) in [5, 5.41) is 1.09. The lowest BCUT2D eigenvalue weighted by atomic mass is 10.3. The summed E-state index contributed by atoms with van der Waals surface area (Å²) < 4.78 is 1.98. The van der Waals surface area contributed by atoms with Crippen molar-refractivity contribution in [3.05, 3.63) is 60.9 Å². The van der Waals surface area contributed by atoms with Crippen molar-refractivity contribution < 1.29 is 0 Å². The lowest BCUT2D eigenvalue weighted by Gasteiger charge is -2.08. The molecule has 5 rings (SSSR count). The number of hydrogen-bond donors (Lipinski definition) is 1. The second-order valence-corrected chi connectivity index (χ2v) is 5.76. The molecule has 0 aromatic carbocycles. The molecule has 25 heavy (non-hydrogen) atoms. The first-order valence-electron chi connectivity index (χ1n) is 7.86. The zero-order chi connectivity index (χ0) is 16.8. The Morgan fingerprint density at radius 1 is 1.04 bits per heavy atom. The lowest BCUT2D eigenvalue weighted by Crippen LogP contribution is -2.02. The van der Waals surface area contributed by atoms with Gasteiger partial charge >= 0.3 is 0 Å². The smallest absolute Gasteiger partial charge is 0.182 e. The zero-order valence-corrected chi connectivity index (χ0v) is 13.4. The summed E-state index contributed by atoms with van der Waals surface area (Å²) >= 11 is 0. The molecule has 0 amide bonds. The van der Waals surface area contributed by atoms with Gasteiger partial charge < -0.3 is 4.98 Å².